The lowest BCUT2D eigenvalue weighted by atomic mass is 10.1. The van der Waals surface area contributed by atoms with Gasteiger partial charge in [0.05, 0.1) is 17.3 Å². The van der Waals surface area contributed by atoms with Crippen molar-refractivity contribution in [1.29, 1.82) is 0 Å². The van der Waals surface area contributed by atoms with Crippen molar-refractivity contribution in [1.82, 2.24) is 15.2 Å². The van der Waals surface area contributed by atoms with Crippen LogP contribution in [0.2, 0.25) is 0 Å². The van der Waals surface area contributed by atoms with Crippen LogP contribution in [0.5, 0.6) is 0 Å². The predicted octanol–water partition coefficient (Wildman–Crippen LogP) is 2.52. The monoisotopic (exact) mass is 252 g/mol. The number of nitrogens with one attached hydrogen (secondary N) is 2. The maximum Gasteiger partial charge on any atom is 0.255 e. The number of amides is 1. The molecule has 0 aliphatic rings. The van der Waals surface area contributed by atoms with E-state index in [2.05, 4.69) is 20.5 Å². The zero-order chi connectivity index (χ0) is 13.2. The molecular formula is C14H12N4O. The second-order valence-electron chi connectivity index (χ2n) is 4.31. The van der Waals surface area contributed by atoms with Gasteiger partial charge in [-0.1, -0.05) is 17.7 Å². The van der Waals surface area contributed by atoms with Crippen molar-refractivity contribution in [2.75, 3.05) is 5.32 Å². The van der Waals surface area contributed by atoms with E-state index in [1.54, 1.807) is 30.6 Å². The number of aromatic nitrogens is 3. The maximum atomic E-state index is 12.1. The molecule has 2 heterocycles. The minimum absolute atomic E-state index is 0.145. The van der Waals surface area contributed by atoms with Gasteiger partial charge in [0, 0.05) is 11.8 Å². The van der Waals surface area contributed by atoms with Crippen LogP contribution in [-0.4, -0.2) is 21.1 Å². The van der Waals surface area contributed by atoms with Gasteiger partial charge in [0.1, 0.15) is 0 Å². The molecule has 0 fully saturated rings. The van der Waals surface area contributed by atoms with E-state index in [0.29, 0.717) is 16.9 Å². The smallest absolute Gasteiger partial charge is 0.255 e. The molecule has 1 aromatic carbocycles. The van der Waals surface area contributed by atoms with E-state index in [1.165, 1.54) is 0 Å². The van der Waals surface area contributed by atoms with Crippen LogP contribution in [0.1, 0.15) is 15.9 Å². The van der Waals surface area contributed by atoms with Gasteiger partial charge >= 0.3 is 0 Å². The van der Waals surface area contributed by atoms with Crippen LogP contribution in [0, 0.1) is 6.92 Å². The molecule has 0 aliphatic heterocycles. The summed E-state index contributed by atoms with van der Waals surface area (Å²) in [5.74, 6) is -0.145. The molecule has 0 unspecified atom stereocenters. The van der Waals surface area contributed by atoms with Crippen molar-refractivity contribution in [2.24, 2.45) is 0 Å². The van der Waals surface area contributed by atoms with Crippen LogP contribution in [0.3, 0.4) is 0 Å². The number of rotatable bonds is 2. The Kier molecular flexibility index (Phi) is 2.72. The van der Waals surface area contributed by atoms with Crippen LogP contribution in [-0.2, 0) is 0 Å². The van der Waals surface area contributed by atoms with Crippen molar-refractivity contribution in [3.63, 3.8) is 0 Å². The Morgan fingerprint density at radius 1 is 1.21 bits per heavy atom. The zero-order valence-corrected chi connectivity index (χ0v) is 10.3. The first-order valence-corrected chi connectivity index (χ1v) is 5.90. The van der Waals surface area contributed by atoms with E-state index < -0.39 is 0 Å². The Bertz CT molecular complexity index is 731. The number of pyridine rings is 1. The summed E-state index contributed by atoms with van der Waals surface area (Å²) in [4.78, 5) is 16.3. The molecule has 94 valence electrons. The highest BCUT2D eigenvalue weighted by atomic mass is 16.1. The molecule has 5 nitrogen and oxygen atoms in total. The Balaban J connectivity index is 1.90. The Hall–Kier alpha value is -2.69. The number of fused-ring (bicyclic) bond motifs is 1. The normalized spacial score (nSPS) is 10.6. The maximum absolute atomic E-state index is 12.1. The first-order chi connectivity index (χ1) is 9.24. The first kappa shape index (κ1) is 11.4. The lowest BCUT2D eigenvalue weighted by Gasteiger charge is -2.06. The number of hydrogen-bond acceptors (Lipinski definition) is 3. The molecule has 3 aromatic rings. The summed E-state index contributed by atoms with van der Waals surface area (Å²) in [7, 11) is 0. The molecule has 0 radical (unpaired) electrons. The van der Waals surface area contributed by atoms with Crippen LogP contribution < -0.4 is 5.32 Å². The SMILES string of the molecule is Cc1ccc(C(=O)Nc2ccnc3[nH]ncc23)cc1. The fourth-order valence-electron chi connectivity index (χ4n) is 1.86. The summed E-state index contributed by atoms with van der Waals surface area (Å²) in [5.41, 5.74) is 3.10. The van der Waals surface area contributed by atoms with Gasteiger partial charge in [0.25, 0.3) is 5.91 Å². The molecule has 3 rings (SSSR count). The largest absolute Gasteiger partial charge is 0.321 e. The quantitative estimate of drug-likeness (QED) is 0.736. The van der Waals surface area contributed by atoms with E-state index in [-0.39, 0.29) is 5.91 Å². The molecule has 1 amide bonds. The van der Waals surface area contributed by atoms with Crippen molar-refractivity contribution in [3.05, 3.63) is 53.9 Å². The molecule has 19 heavy (non-hydrogen) atoms. The average molecular weight is 252 g/mol. The van der Waals surface area contributed by atoms with Crippen LogP contribution in [0.4, 0.5) is 5.69 Å². The highest BCUT2D eigenvalue weighted by molar-refractivity contribution is 6.08. The second kappa shape index (κ2) is 4.53. The lowest BCUT2D eigenvalue weighted by Crippen LogP contribution is -2.12. The van der Waals surface area contributed by atoms with E-state index in [4.69, 9.17) is 0 Å². The highest BCUT2D eigenvalue weighted by Crippen LogP contribution is 2.19. The van der Waals surface area contributed by atoms with E-state index in [9.17, 15) is 4.79 Å². The number of benzene rings is 1. The second-order valence-corrected chi connectivity index (χ2v) is 4.31. The van der Waals surface area contributed by atoms with Gasteiger partial charge in [-0.05, 0) is 25.1 Å². The van der Waals surface area contributed by atoms with Crippen LogP contribution >= 0.6 is 0 Å². The number of hydrogen-bond donors (Lipinski definition) is 2. The summed E-state index contributed by atoms with van der Waals surface area (Å²) in [6.07, 6.45) is 3.28. The molecule has 0 bridgehead atoms. The number of aromatic amines is 1. The van der Waals surface area contributed by atoms with Gasteiger partial charge in [-0.2, -0.15) is 5.10 Å². The fraction of sp³-hybridized carbons (Fsp3) is 0.0714. The molecule has 0 spiro atoms. The van der Waals surface area contributed by atoms with E-state index in [0.717, 1.165) is 10.9 Å². The van der Waals surface area contributed by atoms with E-state index >= 15 is 0 Å². The molecule has 2 aromatic heterocycles. The summed E-state index contributed by atoms with van der Waals surface area (Å²) in [5, 5.41) is 10.3. The number of nitrogens with zero attached hydrogens (tertiary/aromatic N) is 2. The number of anilines is 1. The van der Waals surface area contributed by atoms with Gasteiger partial charge in [-0.15, -0.1) is 0 Å². The Morgan fingerprint density at radius 2 is 2.00 bits per heavy atom. The van der Waals surface area contributed by atoms with Crippen molar-refractivity contribution in [3.8, 4) is 0 Å². The number of carbonyl (C=O) groups excluding carboxylic acids is 1. The molecule has 0 aliphatic carbocycles. The Labute approximate surface area is 109 Å². The highest BCUT2D eigenvalue weighted by Gasteiger charge is 2.09. The minimum atomic E-state index is -0.145. The molecule has 0 saturated heterocycles. The van der Waals surface area contributed by atoms with Crippen molar-refractivity contribution in [2.45, 2.75) is 6.92 Å². The zero-order valence-electron chi connectivity index (χ0n) is 10.3. The number of carbonyl (C=O) groups is 1. The Morgan fingerprint density at radius 3 is 2.79 bits per heavy atom. The third-order valence-electron chi connectivity index (χ3n) is 2.92. The summed E-state index contributed by atoms with van der Waals surface area (Å²) in [6.45, 7) is 1.99. The third kappa shape index (κ3) is 2.18. The van der Waals surface area contributed by atoms with Gasteiger partial charge in [0.15, 0.2) is 5.65 Å². The van der Waals surface area contributed by atoms with Gasteiger partial charge in [-0.3, -0.25) is 9.89 Å². The first-order valence-electron chi connectivity index (χ1n) is 5.90. The van der Waals surface area contributed by atoms with E-state index in [1.807, 2.05) is 19.1 Å². The summed E-state index contributed by atoms with van der Waals surface area (Å²) in [6, 6.07) is 9.19. The predicted molar refractivity (Wildman–Crippen MR) is 73.0 cm³/mol. The lowest BCUT2D eigenvalue weighted by molar-refractivity contribution is 0.102. The third-order valence-corrected chi connectivity index (χ3v) is 2.92. The van der Waals surface area contributed by atoms with Gasteiger partial charge < -0.3 is 5.32 Å². The molecular weight excluding hydrogens is 240 g/mol. The van der Waals surface area contributed by atoms with Gasteiger partial charge in [0.2, 0.25) is 0 Å². The standard InChI is InChI=1S/C14H12N4O/c1-9-2-4-10(5-3-9)14(19)17-12-6-7-15-13-11(12)8-16-18-13/h2-8H,1H3,(H2,15,16,17,18,19). The number of H-pyrrole nitrogens is 1. The molecule has 5 heteroatoms. The molecule has 0 atom stereocenters. The number of aryl methyl sites for hydroxylation is 1. The van der Waals surface area contributed by atoms with Crippen molar-refractivity contribution < 1.29 is 4.79 Å². The summed E-state index contributed by atoms with van der Waals surface area (Å²) >= 11 is 0. The molecule has 0 saturated carbocycles. The van der Waals surface area contributed by atoms with Crippen LogP contribution in [0.15, 0.2) is 42.7 Å². The topological polar surface area (TPSA) is 70.7 Å². The van der Waals surface area contributed by atoms with Gasteiger partial charge in [-0.25, -0.2) is 4.98 Å². The summed E-state index contributed by atoms with van der Waals surface area (Å²) < 4.78 is 0. The van der Waals surface area contributed by atoms with Crippen LogP contribution in [0.25, 0.3) is 11.0 Å². The molecule has 2 N–H and O–H groups in total. The van der Waals surface area contributed by atoms with Crippen molar-refractivity contribution >= 4 is 22.6 Å². The minimum Gasteiger partial charge on any atom is -0.321 e. The average Bonchev–Trinajstić information content (AvgIpc) is 2.89. The fourth-order valence-corrected chi connectivity index (χ4v) is 1.86.